The number of benzene rings is 1. The van der Waals surface area contributed by atoms with E-state index in [2.05, 4.69) is 14.7 Å². The van der Waals surface area contributed by atoms with Crippen LogP contribution >= 0.6 is 35.1 Å². The largest absolute Gasteiger partial charge is 0.318 e. The van der Waals surface area contributed by atoms with Gasteiger partial charge in [0.2, 0.25) is 5.17 Å². The van der Waals surface area contributed by atoms with E-state index in [0.29, 0.717) is 10.2 Å². The van der Waals surface area contributed by atoms with Gasteiger partial charge < -0.3 is 4.57 Å². The normalized spacial score (nSPS) is 17.7. The fourth-order valence-electron chi connectivity index (χ4n) is 3.23. The Kier molecular flexibility index (Phi) is 5.42. The van der Waals surface area contributed by atoms with E-state index in [4.69, 9.17) is 17.0 Å². The monoisotopic (exact) mass is 443 g/mol. The summed E-state index contributed by atoms with van der Waals surface area (Å²) in [4.78, 5) is 16.8. The minimum absolute atomic E-state index is 0.0514. The maximum Gasteiger partial charge on any atom is 0.283 e. The van der Waals surface area contributed by atoms with Gasteiger partial charge in [0.15, 0.2) is 10.2 Å². The fraction of sp³-hybridized carbons (Fsp3) is 0.200. The molecule has 0 bridgehead atoms. The molecule has 2 aliphatic heterocycles. The number of nitrogens with zero attached hydrogens (tertiary/aromatic N) is 4. The molecule has 2 aromatic rings. The van der Waals surface area contributed by atoms with Gasteiger partial charge in [-0.1, -0.05) is 30.3 Å². The summed E-state index contributed by atoms with van der Waals surface area (Å²) in [6, 6.07) is 9.59. The van der Waals surface area contributed by atoms with Crippen LogP contribution in [0.4, 0.5) is 0 Å². The van der Waals surface area contributed by atoms with Crippen molar-refractivity contribution in [1.29, 1.82) is 5.41 Å². The van der Waals surface area contributed by atoms with Crippen molar-refractivity contribution in [2.45, 2.75) is 20.8 Å². The second-order valence-corrected chi connectivity index (χ2v) is 9.36. The molecule has 0 unspecified atom stereocenters. The highest BCUT2D eigenvalue weighted by Crippen LogP contribution is 2.33. The number of halogens is 1. The standard InChI is InChI=1S/C20H18ClN5OS2/c1-4-28-20-24-26-17(22)16(18(27)23-19(26)29-20)10-13-9-11(2)25(12(13)3)15-7-5-14(21)6-8-15/h5-10,22H,4H2,1-3H3/b16-10+,22-17?. The van der Waals surface area contributed by atoms with Crippen molar-refractivity contribution in [2.75, 3.05) is 5.75 Å². The Morgan fingerprint density at radius 3 is 2.69 bits per heavy atom. The summed E-state index contributed by atoms with van der Waals surface area (Å²) in [6.45, 7) is 6.02. The van der Waals surface area contributed by atoms with Gasteiger partial charge in [-0.2, -0.15) is 10.0 Å². The van der Waals surface area contributed by atoms with Crippen molar-refractivity contribution in [3.8, 4) is 5.69 Å². The molecule has 3 heterocycles. The van der Waals surface area contributed by atoms with Gasteiger partial charge in [0.25, 0.3) is 5.91 Å². The molecule has 29 heavy (non-hydrogen) atoms. The Labute approximate surface area is 182 Å². The van der Waals surface area contributed by atoms with E-state index in [0.717, 1.165) is 32.8 Å². The van der Waals surface area contributed by atoms with E-state index in [1.54, 1.807) is 17.8 Å². The highest BCUT2D eigenvalue weighted by atomic mass is 35.5. The van der Waals surface area contributed by atoms with Gasteiger partial charge in [-0.25, -0.2) is 0 Å². The number of aliphatic imine (C=N–C) groups is 1. The number of carbonyl (C=O) groups excluding carboxylic acids is 1. The van der Waals surface area contributed by atoms with Crippen LogP contribution in [0.2, 0.25) is 5.02 Å². The van der Waals surface area contributed by atoms with E-state index in [9.17, 15) is 4.79 Å². The number of fused-ring (bicyclic) bond motifs is 1. The molecule has 1 aromatic carbocycles. The average Bonchev–Trinajstić information content (AvgIpc) is 3.20. The van der Waals surface area contributed by atoms with E-state index < -0.39 is 5.91 Å². The number of rotatable bonds is 3. The number of carbonyl (C=O) groups is 1. The minimum atomic E-state index is -0.414. The molecule has 6 nitrogen and oxygen atoms in total. The molecular formula is C20H18ClN5OS2. The topological polar surface area (TPSA) is 73.8 Å². The average molecular weight is 444 g/mol. The molecule has 0 spiro atoms. The zero-order valence-electron chi connectivity index (χ0n) is 16.1. The molecule has 1 amide bonds. The molecule has 0 fully saturated rings. The third-order valence-electron chi connectivity index (χ3n) is 4.56. The number of hydrogen-bond acceptors (Lipinski definition) is 5. The molecule has 1 aromatic heterocycles. The lowest BCUT2D eigenvalue weighted by atomic mass is 10.1. The summed E-state index contributed by atoms with van der Waals surface area (Å²) in [7, 11) is 0. The van der Waals surface area contributed by atoms with Gasteiger partial charge in [0.1, 0.15) is 0 Å². The number of aryl methyl sites for hydroxylation is 1. The van der Waals surface area contributed by atoms with Gasteiger partial charge in [-0.15, -0.1) is 5.10 Å². The number of nitrogens with one attached hydrogen (secondary N) is 1. The Hall–Kier alpha value is -2.29. The first-order valence-electron chi connectivity index (χ1n) is 8.97. The van der Waals surface area contributed by atoms with Gasteiger partial charge in [0, 0.05) is 22.1 Å². The summed E-state index contributed by atoms with van der Waals surface area (Å²) in [5, 5.41) is 15.5. The van der Waals surface area contributed by atoms with Crippen molar-refractivity contribution in [3.05, 3.63) is 57.9 Å². The predicted molar refractivity (Wildman–Crippen MR) is 123 cm³/mol. The maximum atomic E-state index is 12.6. The van der Waals surface area contributed by atoms with Crippen molar-refractivity contribution in [1.82, 2.24) is 9.58 Å². The summed E-state index contributed by atoms with van der Waals surface area (Å²) in [6.07, 6.45) is 1.73. The Morgan fingerprint density at radius 1 is 1.28 bits per heavy atom. The molecule has 0 saturated carbocycles. The van der Waals surface area contributed by atoms with Crippen LogP contribution in [-0.4, -0.2) is 36.6 Å². The number of aromatic nitrogens is 1. The fourth-order valence-corrected chi connectivity index (χ4v) is 5.18. The number of amidine groups is 2. The number of thioether (sulfide) groups is 2. The van der Waals surface area contributed by atoms with Crippen LogP contribution < -0.4 is 0 Å². The van der Waals surface area contributed by atoms with Gasteiger partial charge in [0.05, 0.1) is 5.57 Å². The number of hydrazone groups is 1. The van der Waals surface area contributed by atoms with E-state index in [-0.39, 0.29) is 11.4 Å². The van der Waals surface area contributed by atoms with Crippen LogP contribution in [0.3, 0.4) is 0 Å². The van der Waals surface area contributed by atoms with Crippen LogP contribution in [0, 0.1) is 19.3 Å². The molecule has 0 atom stereocenters. The van der Waals surface area contributed by atoms with Crippen molar-refractivity contribution < 1.29 is 4.79 Å². The van der Waals surface area contributed by atoms with E-state index >= 15 is 0 Å². The SMILES string of the molecule is CCSC1=NN2C(=N)/C(=C\c3cc(C)n(-c4ccc(Cl)cc4)c3C)C(=O)N=C2S1. The van der Waals surface area contributed by atoms with Gasteiger partial charge >= 0.3 is 0 Å². The van der Waals surface area contributed by atoms with Crippen LogP contribution in [0.5, 0.6) is 0 Å². The Balaban J connectivity index is 1.72. The van der Waals surface area contributed by atoms with Gasteiger partial charge in [-0.05, 0) is 73.3 Å². The molecule has 0 aliphatic carbocycles. The second-order valence-electron chi connectivity index (χ2n) is 6.46. The third kappa shape index (κ3) is 3.68. The third-order valence-corrected chi connectivity index (χ3v) is 6.73. The van der Waals surface area contributed by atoms with Crippen LogP contribution in [0.25, 0.3) is 11.8 Å². The molecule has 1 N–H and O–H groups in total. The number of hydrogen-bond donors (Lipinski definition) is 1. The second kappa shape index (κ2) is 7.85. The smallest absolute Gasteiger partial charge is 0.283 e. The van der Waals surface area contributed by atoms with Gasteiger partial charge in [-0.3, -0.25) is 10.2 Å². The lowest BCUT2D eigenvalue weighted by molar-refractivity contribution is -0.114. The highest BCUT2D eigenvalue weighted by molar-refractivity contribution is 8.45. The molecule has 0 saturated heterocycles. The Morgan fingerprint density at radius 2 is 2.00 bits per heavy atom. The van der Waals surface area contributed by atoms with Crippen molar-refractivity contribution >= 4 is 62.5 Å². The number of amides is 1. The summed E-state index contributed by atoms with van der Waals surface area (Å²) < 4.78 is 2.89. The maximum absolute atomic E-state index is 12.6. The van der Waals surface area contributed by atoms with Crippen molar-refractivity contribution in [3.63, 3.8) is 0 Å². The van der Waals surface area contributed by atoms with Crippen LogP contribution in [0.15, 0.2) is 46.0 Å². The first-order valence-corrected chi connectivity index (χ1v) is 11.1. The molecule has 2 aliphatic rings. The lowest BCUT2D eigenvalue weighted by Crippen LogP contribution is -2.35. The quantitative estimate of drug-likeness (QED) is 0.671. The zero-order chi connectivity index (χ0) is 20.7. The van der Waals surface area contributed by atoms with Crippen LogP contribution in [0.1, 0.15) is 23.9 Å². The summed E-state index contributed by atoms with van der Waals surface area (Å²) >= 11 is 8.91. The molecular weight excluding hydrogens is 426 g/mol. The lowest BCUT2D eigenvalue weighted by Gasteiger charge is -2.20. The minimum Gasteiger partial charge on any atom is -0.318 e. The first kappa shape index (κ1) is 20.0. The highest BCUT2D eigenvalue weighted by Gasteiger charge is 2.35. The van der Waals surface area contributed by atoms with Crippen LogP contribution in [-0.2, 0) is 4.79 Å². The molecule has 9 heteroatoms. The van der Waals surface area contributed by atoms with Crippen molar-refractivity contribution in [2.24, 2.45) is 10.1 Å². The Bertz CT molecular complexity index is 1110. The van der Waals surface area contributed by atoms with E-state index in [1.807, 2.05) is 51.1 Å². The molecule has 148 valence electrons. The first-order chi connectivity index (χ1) is 13.9. The predicted octanol–water partition coefficient (Wildman–Crippen LogP) is 5.08. The molecule has 0 radical (unpaired) electrons. The summed E-state index contributed by atoms with van der Waals surface area (Å²) in [5.74, 6) is 0.506. The van der Waals surface area contributed by atoms with E-state index in [1.165, 1.54) is 16.8 Å². The molecule has 4 rings (SSSR count). The zero-order valence-corrected chi connectivity index (χ0v) is 18.5. The summed E-state index contributed by atoms with van der Waals surface area (Å²) in [5.41, 5.74) is 4.07.